The minimum absolute atomic E-state index is 0.116. The van der Waals surface area contributed by atoms with Gasteiger partial charge >= 0.3 is 0 Å². The number of aryl methyl sites for hydroxylation is 1. The Morgan fingerprint density at radius 1 is 1.50 bits per heavy atom. The van der Waals surface area contributed by atoms with Crippen molar-refractivity contribution in [2.24, 2.45) is 7.05 Å². The first-order valence-electron chi connectivity index (χ1n) is 8.67. The highest BCUT2D eigenvalue weighted by Gasteiger charge is 2.26. The molecule has 0 aliphatic carbocycles. The lowest BCUT2D eigenvalue weighted by atomic mass is 10.1. The van der Waals surface area contributed by atoms with Gasteiger partial charge in [0.25, 0.3) is 11.5 Å². The van der Waals surface area contributed by atoms with Gasteiger partial charge in [0.15, 0.2) is 5.82 Å². The predicted octanol–water partition coefficient (Wildman–Crippen LogP) is 0.580. The van der Waals surface area contributed by atoms with Crippen LogP contribution in [0.25, 0.3) is 0 Å². The maximum Gasteiger partial charge on any atom is 0.293 e. The SMILES string of the molecule is CC(C)c1cc(C(=O)N2CCO[C@H](CNc3nccn(C)c3=O)C2)n[nH]1. The van der Waals surface area contributed by atoms with Gasteiger partial charge in [0, 0.05) is 44.8 Å². The quantitative estimate of drug-likeness (QED) is 0.808. The van der Waals surface area contributed by atoms with Crippen molar-refractivity contribution in [2.75, 3.05) is 31.6 Å². The third-order valence-corrected chi connectivity index (χ3v) is 4.38. The molecule has 140 valence electrons. The monoisotopic (exact) mass is 360 g/mol. The first-order chi connectivity index (χ1) is 12.5. The molecule has 2 aromatic heterocycles. The van der Waals surface area contributed by atoms with Gasteiger partial charge in [0.2, 0.25) is 0 Å². The second-order valence-corrected chi connectivity index (χ2v) is 6.68. The average Bonchev–Trinajstić information content (AvgIpc) is 3.13. The fourth-order valence-corrected chi connectivity index (χ4v) is 2.76. The molecule has 0 spiro atoms. The van der Waals surface area contributed by atoms with E-state index in [1.54, 1.807) is 30.4 Å². The number of aromatic amines is 1. The van der Waals surface area contributed by atoms with Gasteiger partial charge in [-0.3, -0.25) is 14.7 Å². The molecule has 1 fully saturated rings. The molecule has 0 aromatic carbocycles. The standard InChI is InChI=1S/C17H24N6O3/c1-11(2)13-8-14(21-20-13)16(24)23-6-7-26-12(10-23)9-19-15-17(25)22(3)5-4-18-15/h4-5,8,11-12H,6-7,9-10H2,1-3H3,(H,18,19)(H,20,21)/t12-/m1/s1. The molecule has 1 saturated heterocycles. The molecule has 0 saturated carbocycles. The number of anilines is 1. The normalized spacial score (nSPS) is 17.5. The van der Waals surface area contributed by atoms with E-state index in [4.69, 9.17) is 4.74 Å². The summed E-state index contributed by atoms with van der Waals surface area (Å²) in [6.07, 6.45) is 2.94. The number of rotatable bonds is 5. The largest absolute Gasteiger partial charge is 0.373 e. The van der Waals surface area contributed by atoms with Crippen molar-refractivity contribution in [3.63, 3.8) is 0 Å². The number of hydrogen-bond donors (Lipinski definition) is 2. The van der Waals surface area contributed by atoms with Crippen molar-refractivity contribution >= 4 is 11.7 Å². The number of aromatic nitrogens is 4. The predicted molar refractivity (Wildman–Crippen MR) is 96.3 cm³/mol. The average molecular weight is 360 g/mol. The van der Waals surface area contributed by atoms with Crippen molar-refractivity contribution in [1.82, 2.24) is 24.6 Å². The van der Waals surface area contributed by atoms with Crippen molar-refractivity contribution < 1.29 is 9.53 Å². The number of nitrogens with zero attached hydrogens (tertiary/aromatic N) is 4. The number of morpholine rings is 1. The number of hydrogen-bond acceptors (Lipinski definition) is 6. The van der Waals surface area contributed by atoms with E-state index in [2.05, 4.69) is 20.5 Å². The zero-order valence-electron chi connectivity index (χ0n) is 15.2. The molecule has 0 bridgehead atoms. The first-order valence-corrected chi connectivity index (χ1v) is 8.67. The van der Waals surface area contributed by atoms with Crippen molar-refractivity contribution in [3.8, 4) is 0 Å². The Hall–Kier alpha value is -2.68. The molecule has 3 heterocycles. The van der Waals surface area contributed by atoms with Crippen LogP contribution in [0.1, 0.15) is 35.9 Å². The van der Waals surface area contributed by atoms with Gasteiger partial charge in [0.05, 0.1) is 12.7 Å². The Labute approximate surface area is 151 Å². The van der Waals surface area contributed by atoms with E-state index in [9.17, 15) is 9.59 Å². The lowest BCUT2D eigenvalue weighted by molar-refractivity contribution is -0.0152. The molecular weight excluding hydrogens is 336 g/mol. The Morgan fingerprint density at radius 3 is 3.04 bits per heavy atom. The Morgan fingerprint density at radius 2 is 2.31 bits per heavy atom. The van der Waals surface area contributed by atoms with Crippen molar-refractivity contribution in [2.45, 2.75) is 25.9 Å². The lowest BCUT2D eigenvalue weighted by Crippen LogP contribution is -2.48. The summed E-state index contributed by atoms with van der Waals surface area (Å²) in [7, 11) is 1.67. The molecule has 1 atom stereocenters. The van der Waals surface area contributed by atoms with Crippen LogP contribution in [0.15, 0.2) is 23.3 Å². The Balaban J connectivity index is 1.60. The van der Waals surface area contributed by atoms with E-state index in [0.717, 1.165) is 5.69 Å². The molecule has 2 aromatic rings. The van der Waals surface area contributed by atoms with Crippen LogP contribution < -0.4 is 10.9 Å². The van der Waals surface area contributed by atoms with E-state index < -0.39 is 0 Å². The van der Waals surface area contributed by atoms with E-state index in [1.165, 1.54) is 4.57 Å². The summed E-state index contributed by atoms with van der Waals surface area (Å²) in [6, 6.07) is 1.80. The minimum Gasteiger partial charge on any atom is -0.373 e. The summed E-state index contributed by atoms with van der Waals surface area (Å²) < 4.78 is 7.16. The molecule has 1 aliphatic rings. The zero-order chi connectivity index (χ0) is 18.7. The number of H-pyrrole nitrogens is 1. The third-order valence-electron chi connectivity index (χ3n) is 4.38. The van der Waals surface area contributed by atoms with Gasteiger partial charge < -0.3 is 19.5 Å². The molecule has 9 nitrogen and oxygen atoms in total. The summed E-state index contributed by atoms with van der Waals surface area (Å²) in [5.41, 5.74) is 1.15. The number of ether oxygens (including phenoxy) is 1. The molecule has 9 heteroatoms. The molecule has 3 rings (SSSR count). The van der Waals surface area contributed by atoms with Gasteiger partial charge in [-0.05, 0) is 12.0 Å². The lowest BCUT2D eigenvalue weighted by Gasteiger charge is -2.32. The summed E-state index contributed by atoms with van der Waals surface area (Å²) in [4.78, 5) is 30.4. The first kappa shape index (κ1) is 18.1. The van der Waals surface area contributed by atoms with Gasteiger partial charge in [-0.25, -0.2) is 4.98 Å². The van der Waals surface area contributed by atoms with E-state index in [0.29, 0.717) is 31.9 Å². The van der Waals surface area contributed by atoms with Crippen LogP contribution in [0, 0.1) is 0 Å². The van der Waals surface area contributed by atoms with Gasteiger partial charge in [0.1, 0.15) is 5.69 Å². The topological polar surface area (TPSA) is 105 Å². The summed E-state index contributed by atoms with van der Waals surface area (Å²) >= 11 is 0. The van der Waals surface area contributed by atoms with Crippen LogP contribution in [0.5, 0.6) is 0 Å². The third kappa shape index (κ3) is 3.93. The molecular formula is C17H24N6O3. The number of amides is 1. The fourth-order valence-electron chi connectivity index (χ4n) is 2.76. The number of carbonyl (C=O) groups excluding carboxylic acids is 1. The van der Waals surface area contributed by atoms with Crippen LogP contribution in [0.4, 0.5) is 5.82 Å². The summed E-state index contributed by atoms with van der Waals surface area (Å²) in [5, 5.41) is 10.0. The van der Waals surface area contributed by atoms with Gasteiger partial charge in [-0.1, -0.05) is 13.8 Å². The van der Waals surface area contributed by atoms with Crippen molar-refractivity contribution in [1.29, 1.82) is 0 Å². The highest BCUT2D eigenvalue weighted by Crippen LogP contribution is 2.15. The molecule has 0 unspecified atom stereocenters. The number of nitrogens with one attached hydrogen (secondary N) is 2. The second kappa shape index (κ2) is 7.69. The van der Waals surface area contributed by atoms with E-state index >= 15 is 0 Å². The maximum atomic E-state index is 12.7. The molecule has 1 amide bonds. The van der Waals surface area contributed by atoms with Crippen molar-refractivity contribution in [3.05, 3.63) is 40.2 Å². The molecule has 1 aliphatic heterocycles. The maximum absolute atomic E-state index is 12.7. The van der Waals surface area contributed by atoms with E-state index in [-0.39, 0.29) is 29.3 Å². The fraction of sp³-hybridized carbons (Fsp3) is 0.529. The number of carbonyl (C=O) groups is 1. The summed E-state index contributed by atoms with van der Waals surface area (Å²) in [5.74, 6) is 0.442. The van der Waals surface area contributed by atoms with Crippen LogP contribution in [0.3, 0.4) is 0 Å². The molecule has 0 radical (unpaired) electrons. The smallest absolute Gasteiger partial charge is 0.293 e. The zero-order valence-corrected chi connectivity index (χ0v) is 15.2. The summed E-state index contributed by atoms with van der Waals surface area (Å²) in [6.45, 7) is 5.88. The van der Waals surface area contributed by atoms with Gasteiger partial charge in [-0.2, -0.15) is 5.10 Å². The Kier molecular flexibility index (Phi) is 5.36. The van der Waals surface area contributed by atoms with Gasteiger partial charge in [-0.15, -0.1) is 0 Å². The minimum atomic E-state index is -0.220. The molecule has 26 heavy (non-hydrogen) atoms. The van der Waals surface area contributed by atoms with E-state index in [1.807, 2.05) is 13.8 Å². The highest BCUT2D eigenvalue weighted by molar-refractivity contribution is 5.92. The van der Waals surface area contributed by atoms with Crippen LogP contribution in [-0.2, 0) is 11.8 Å². The van der Waals surface area contributed by atoms with Crippen LogP contribution >= 0.6 is 0 Å². The van der Waals surface area contributed by atoms with Crippen LogP contribution in [-0.4, -0.2) is 62.9 Å². The molecule has 2 N–H and O–H groups in total. The second-order valence-electron chi connectivity index (χ2n) is 6.68. The Bertz CT molecular complexity index is 828. The van der Waals surface area contributed by atoms with Crippen LogP contribution in [0.2, 0.25) is 0 Å². The highest BCUT2D eigenvalue weighted by atomic mass is 16.5.